The number of terminal acetylenes is 1. The lowest BCUT2D eigenvalue weighted by atomic mass is 10.2. The predicted octanol–water partition coefficient (Wildman–Crippen LogP) is 2.26. The number of rotatable bonds is 5. The van der Waals surface area contributed by atoms with E-state index in [1.54, 1.807) is 18.9 Å². The molecule has 5 nitrogen and oxygen atoms in total. The van der Waals surface area contributed by atoms with E-state index in [4.69, 9.17) is 21.0 Å². The lowest BCUT2D eigenvalue weighted by Gasteiger charge is -2.16. The summed E-state index contributed by atoms with van der Waals surface area (Å²) in [7, 11) is 1.55. The molecule has 0 aromatic heterocycles. The molecule has 1 aromatic rings. The zero-order valence-corrected chi connectivity index (χ0v) is 13.7. The van der Waals surface area contributed by atoms with E-state index in [2.05, 4.69) is 27.2 Å². The molecule has 1 aliphatic heterocycles. The molecule has 1 aliphatic rings. The highest BCUT2D eigenvalue weighted by Gasteiger charge is 2.31. The molecule has 2 atom stereocenters. The van der Waals surface area contributed by atoms with Gasteiger partial charge < -0.3 is 14.6 Å². The largest absolute Gasteiger partial charge is 0.493 e. The molecule has 2 rings (SSSR count). The van der Waals surface area contributed by atoms with Crippen molar-refractivity contribution in [2.45, 2.75) is 11.4 Å². The molecule has 0 saturated carbocycles. The summed E-state index contributed by atoms with van der Waals surface area (Å²) in [6.07, 6.45) is 5.19. The third-order valence-corrected chi connectivity index (χ3v) is 4.79. The fourth-order valence-corrected chi connectivity index (χ4v) is 3.74. The van der Waals surface area contributed by atoms with E-state index in [9.17, 15) is 4.79 Å². The third kappa shape index (κ3) is 3.64. The van der Waals surface area contributed by atoms with Gasteiger partial charge in [0, 0.05) is 5.75 Å². The Morgan fingerprint density at radius 3 is 3.00 bits per heavy atom. The number of halogens is 1. The van der Waals surface area contributed by atoms with Crippen molar-refractivity contribution in [3.63, 3.8) is 0 Å². The van der Waals surface area contributed by atoms with E-state index in [1.165, 1.54) is 0 Å². The summed E-state index contributed by atoms with van der Waals surface area (Å²) in [5.41, 5.74) is 0.917. The summed E-state index contributed by atoms with van der Waals surface area (Å²) in [4.78, 5) is 11.0. The zero-order valence-electron chi connectivity index (χ0n) is 11.3. The summed E-state index contributed by atoms with van der Waals surface area (Å²) >= 11 is 4.98. The Morgan fingerprint density at radius 2 is 2.43 bits per heavy atom. The van der Waals surface area contributed by atoms with Crippen LogP contribution in [0.25, 0.3) is 0 Å². The maximum atomic E-state index is 11.0. The smallest absolute Gasteiger partial charge is 0.321 e. The number of benzene rings is 1. The van der Waals surface area contributed by atoms with Crippen molar-refractivity contribution in [2.24, 2.45) is 0 Å². The van der Waals surface area contributed by atoms with Crippen molar-refractivity contribution in [2.75, 3.05) is 19.5 Å². The molecular weight excluding hydrogens is 358 g/mol. The van der Waals surface area contributed by atoms with Crippen LogP contribution in [0.5, 0.6) is 11.5 Å². The minimum Gasteiger partial charge on any atom is -0.493 e. The first kappa shape index (κ1) is 16.0. The second-order valence-electron chi connectivity index (χ2n) is 4.30. The molecule has 112 valence electrons. The molecule has 0 aliphatic carbocycles. The number of ether oxygens (including phenoxy) is 2. The monoisotopic (exact) mass is 371 g/mol. The summed E-state index contributed by atoms with van der Waals surface area (Å²) in [5, 5.41) is 12.0. The molecule has 21 heavy (non-hydrogen) atoms. The van der Waals surface area contributed by atoms with Crippen LogP contribution >= 0.6 is 27.7 Å². The first-order valence-corrected chi connectivity index (χ1v) is 7.95. The Hall–Kier alpha value is -1.36. The van der Waals surface area contributed by atoms with E-state index in [0.29, 0.717) is 21.7 Å². The Labute approximate surface area is 135 Å². The van der Waals surface area contributed by atoms with Crippen LogP contribution in [0.3, 0.4) is 0 Å². The molecule has 0 amide bonds. The summed E-state index contributed by atoms with van der Waals surface area (Å²) in [5.74, 6) is 3.17. The molecule has 1 heterocycles. The SMILES string of the molecule is C#CCOc1c(Br)cc([C@H]2N[C@@H](C(=O)O)CS2)cc1OC. The van der Waals surface area contributed by atoms with E-state index >= 15 is 0 Å². The minimum atomic E-state index is -0.843. The molecule has 7 heteroatoms. The normalized spacial score (nSPS) is 20.8. The molecule has 0 bridgehead atoms. The van der Waals surface area contributed by atoms with E-state index in [0.717, 1.165) is 5.56 Å². The highest BCUT2D eigenvalue weighted by atomic mass is 79.9. The Kier molecular flexibility index (Phi) is 5.39. The number of carboxylic acid groups (broad SMARTS) is 1. The first-order valence-electron chi connectivity index (χ1n) is 6.11. The van der Waals surface area contributed by atoms with Crippen LogP contribution in [0.4, 0.5) is 0 Å². The summed E-state index contributed by atoms with van der Waals surface area (Å²) < 4.78 is 11.5. The van der Waals surface area contributed by atoms with Gasteiger partial charge in [0.05, 0.1) is 17.0 Å². The predicted molar refractivity (Wildman–Crippen MR) is 84.8 cm³/mol. The molecule has 1 aromatic carbocycles. The molecule has 2 N–H and O–H groups in total. The van der Waals surface area contributed by atoms with Crippen LogP contribution in [0, 0.1) is 12.3 Å². The van der Waals surface area contributed by atoms with Crippen LogP contribution in [-0.2, 0) is 4.79 Å². The number of carboxylic acids is 1. The van der Waals surface area contributed by atoms with E-state index in [1.807, 2.05) is 12.1 Å². The highest BCUT2D eigenvalue weighted by molar-refractivity contribution is 9.10. The fourth-order valence-electron chi connectivity index (χ4n) is 1.95. The molecule has 0 spiro atoms. The van der Waals surface area contributed by atoms with Gasteiger partial charge in [-0.05, 0) is 33.6 Å². The van der Waals surface area contributed by atoms with Crippen molar-refractivity contribution in [1.29, 1.82) is 0 Å². The quantitative estimate of drug-likeness (QED) is 0.773. The summed E-state index contributed by atoms with van der Waals surface area (Å²) in [6.45, 7) is 0.145. The van der Waals surface area contributed by atoms with Crippen LogP contribution in [0.15, 0.2) is 16.6 Å². The topological polar surface area (TPSA) is 67.8 Å². The highest BCUT2D eigenvalue weighted by Crippen LogP contribution is 2.41. The minimum absolute atomic E-state index is 0.0991. The molecule has 1 fully saturated rings. The van der Waals surface area contributed by atoms with Crippen LogP contribution < -0.4 is 14.8 Å². The van der Waals surface area contributed by atoms with Crippen LogP contribution in [-0.4, -0.2) is 36.6 Å². The second kappa shape index (κ2) is 7.07. The average molecular weight is 372 g/mol. The number of hydrogen-bond acceptors (Lipinski definition) is 5. The Morgan fingerprint density at radius 1 is 1.67 bits per heavy atom. The van der Waals surface area contributed by atoms with Crippen molar-refractivity contribution >= 4 is 33.7 Å². The summed E-state index contributed by atoms with van der Waals surface area (Å²) in [6, 6.07) is 3.16. The van der Waals surface area contributed by atoms with Crippen molar-refractivity contribution in [1.82, 2.24) is 5.32 Å². The number of hydrogen-bond donors (Lipinski definition) is 2. The molecule has 1 saturated heterocycles. The van der Waals surface area contributed by atoms with Gasteiger partial charge in [-0.15, -0.1) is 18.2 Å². The van der Waals surface area contributed by atoms with Crippen LogP contribution in [0.1, 0.15) is 10.9 Å². The lowest BCUT2D eigenvalue weighted by Crippen LogP contribution is -2.33. The number of carbonyl (C=O) groups is 1. The third-order valence-electron chi connectivity index (χ3n) is 2.93. The lowest BCUT2D eigenvalue weighted by molar-refractivity contribution is -0.138. The maximum Gasteiger partial charge on any atom is 0.321 e. The zero-order chi connectivity index (χ0) is 15.4. The fraction of sp³-hybridized carbons (Fsp3) is 0.357. The van der Waals surface area contributed by atoms with Crippen molar-refractivity contribution in [3.8, 4) is 23.8 Å². The Bertz CT molecular complexity index is 587. The van der Waals surface area contributed by atoms with Gasteiger partial charge in [-0.2, -0.15) is 0 Å². The van der Waals surface area contributed by atoms with Crippen LogP contribution in [0.2, 0.25) is 0 Å². The first-order chi connectivity index (χ1) is 10.1. The number of thioether (sulfide) groups is 1. The van der Waals surface area contributed by atoms with Gasteiger partial charge in [0.2, 0.25) is 0 Å². The van der Waals surface area contributed by atoms with Crippen molar-refractivity contribution < 1.29 is 19.4 Å². The average Bonchev–Trinajstić information content (AvgIpc) is 2.95. The molecule has 0 radical (unpaired) electrons. The van der Waals surface area contributed by atoms with E-state index in [-0.39, 0.29) is 12.0 Å². The second-order valence-corrected chi connectivity index (χ2v) is 6.29. The maximum absolute atomic E-state index is 11.0. The molecule has 0 unspecified atom stereocenters. The van der Waals surface area contributed by atoms with Gasteiger partial charge in [-0.25, -0.2) is 0 Å². The number of aliphatic carboxylic acids is 1. The van der Waals surface area contributed by atoms with Gasteiger partial charge >= 0.3 is 5.97 Å². The molecular formula is C14H14BrNO4S. The van der Waals surface area contributed by atoms with Gasteiger partial charge in [0.25, 0.3) is 0 Å². The number of methoxy groups -OCH3 is 1. The van der Waals surface area contributed by atoms with Gasteiger partial charge in [-0.3, -0.25) is 10.1 Å². The van der Waals surface area contributed by atoms with Crippen molar-refractivity contribution in [3.05, 3.63) is 22.2 Å². The van der Waals surface area contributed by atoms with E-state index < -0.39 is 12.0 Å². The Balaban J connectivity index is 2.24. The van der Waals surface area contributed by atoms with Gasteiger partial charge in [0.1, 0.15) is 12.6 Å². The standard InChI is InChI=1S/C14H14BrNO4S/c1-3-4-20-12-9(15)5-8(6-11(12)19-2)13-16-10(7-21-13)14(17)18/h1,5-6,10,13,16H,4,7H2,2H3,(H,17,18)/t10-,13+/m1/s1. The van der Waals surface area contributed by atoms with Gasteiger partial charge in [-0.1, -0.05) is 5.92 Å². The van der Waals surface area contributed by atoms with Gasteiger partial charge in [0.15, 0.2) is 11.5 Å². The number of nitrogens with one attached hydrogen (secondary N) is 1.